The number of aromatic nitrogens is 2. The SMILES string of the molecule is COC(=O)c1ccccc1NC(=O)c1ccnc(Nc2ccccc2C)n1. The third-order valence-corrected chi connectivity index (χ3v) is 3.86. The van der Waals surface area contributed by atoms with Crippen molar-refractivity contribution in [1.29, 1.82) is 0 Å². The van der Waals surface area contributed by atoms with Crippen LogP contribution in [0.2, 0.25) is 0 Å². The minimum atomic E-state index is -0.532. The van der Waals surface area contributed by atoms with E-state index in [1.54, 1.807) is 24.3 Å². The fourth-order valence-electron chi connectivity index (χ4n) is 2.45. The van der Waals surface area contributed by atoms with E-state index < -0.39 is 11.9 Å². The Hall–Kier alpha value is -3.74. The molecule has 0 atom stereocenters. The molecule has 3 aromatic rings. The summed E-state index contributed by atoms with van der Waals surface area (Å²) in [6, 6.07) is 15.8. The molecule has 0 aliphatic heterocycles. The van der Waals surface area contributed by atoms with Gasteiger partial charge in [0.05, 0.1) is 18.4 Å². The van der Waals surface area contributed by atoms with Crippen molar-refractivity contribution in [2.45, 2.75) is 6.92 Å². The van der Waals surface area contributed by atoms with Gasteiger partial charge in [-0.1, -0.05) is 30.3 Å². The first-order valence-electron chi connectivity index (χ1n) is 8.23. The number of nitrogens with one attached hydrogen (secondary N) is 2. The number of amides is 1. The maximum atomic E-state index is 12.6. The summed E-state index contributed by atoms with van der Waals surface area (Å²) in [6.07, 6.45) is 1.49. The van der Waals surface area contributed by atoms with Gasteiger partial charge >= 0.3 is 5.97 Å². The average molecular weight is 362 g/mol. The van der Waals surface area contributed by atoms with Gasteiger partial charge in [0.2, 0.25) is 5.95 Å². The largest absolute Gasteiger partial charge is 0.465 e. The van der Waals surface area contributed by atoms with Gasteiger partial charge in [-0.05, 0) is 36.8 Å². The van der Waals surface area contributed by atoms with Gasteiger partial charge in [-0.15, -0.1) is 0 Å². The lowest BCUT2D eigenvalue weighted by Crippen LogP contribution is -2.17. The highest BCUT2D eigenvalue weighted by molar-refractivity contribution is 6.07. The Labute approximate surface area is 156 Å². The molecular weight excluding hydrogens is 344 g/mol. The number of aryl methyl sites for hydroxylation is 1. The molecule has 7 nitrogen and oxygen atoms in total. The van der Waals surface area contributed by atoms with Gasteiger partial charge in [-0.3, -0.25) is 4.79 Å². The summed E-state index contributed by atoms with van der Waals surface area (Å²) in [5.41, 5.74) is 2.66. The number of hydrogen-bond donors (Lipinski definition) is 2. The first-order valence-corrected chi connectivity index (χ1v) is 8.23. The minimum Gasteiger partial charge on any atom is -0.465 e. The normalized spacial score (nSPS) is 10.1. The number of hydrogen-bond acceptors (Lipinski definition) is 6. The smallest absolute Gasteiger partial charge is 0.339 e. The van der Waals surface area contributed by atoms with Gasteiger partial charge < -0.3 is 15.4 Å². The van der Waals surface area contributed by atoms with Crippen LogP contribution < -0.4 is 10.6 Å². The van der Waals surface area contributed by atoms with E-state index in [1.807, 2.05) is 31.2 Å². The Morgan fingerprint density at radius 3 is 2.41 bits per heavy atom. The molecule has 1 amide bonds. The van der Waals surface area contributed by atoms with Crippen LogP contribution in [0.15, 0.2) is 60.8 Å². The Kier molecular flexibility index (Phi) is 5.41. The zero-order valence-electron chi connectivity index (χ0n) is 14.9. The second-order valence-electron chi connectivity index (χ2n) is 5.70. The Morgan fingerprint density at radius 1 is 0.963 bits per heavy atom. The summed E-state index contributed by atoms with van der Waals surface area (Å²) < 4.78 is 4.74. The van der Waals surface area contributed by atoms with Crippen molar-refractivity contribution in [3.05, 3.63) is 77.6 Å². The molecule has 3 rings (SSSR count). The number of benzene rings is 2. The van der Waals surface area contributed by atoms with Crippen molar-refractivity contribution >= 4 is 29.2 Å². The predicted molar refractivity (Wildman–Crippen MR) is 102 cm³/mol. The quantitative estimate of drug-likeness (QED) is 0.674. The molecule has 0 aliphatic rings. The summed E-state index contributed by atoms with van der Waals surface area (Å²) in [4.78, 5) is 32.8. The number of nitrogens with zero attached hydrogens (tertiary/aromatic N) is 2. The molecule has 0 bridgehead atoms. The van der Waals surface area contributed by atoms with Crippen LogP contribution in [0.4, 0.5) is 17.3 Å². The predicted octanol–water partition coefficient (Wildman–Crippen LogP) is 3.57. The van der Waals surface area contributed by atoms with E-state index in [2.05, 4.69) is 20.6 Å². The van der Waals surface area contributed by atoms with E-state index >= 15 is 0 Å². The maximum absolute atomic E-state index is 12.6. The Balaban J connectivity index is 1.81. The molecular formula is C20H18N4O3. The van der Waals surface area contributed by atoms with Crippen molar-refractivity contribution in [2.24, 2.45) is 0 Å². The second-order valence-corrected chi connectivity index (χ2v) is 5.70. The van der Waals surface area contributed by atoms with E-state index in [1.165, 1.54) is 19.4 Å². The highest BCUT2D eigenvalue weighted by atomic mass is 16.5. The molecule has 2 aromatic carbocycles. The van der Waals surface area contributed by atoms with Crippen LogP contribution >= 0.6 is 0 Å². The van der Waals surface area contributed by atoms with Crippen molar-refractivity contribution in [3.8, 4) is 0 Å². The van der Waals surface area contributed by atoms with E-state index in [0.717, 1.165) is 11.3 Å². The van der Waals surface area contributed by atoms with Crippen LogP contribution in [-0.4, -0.2) is 29.0 Å². The lowest BCUT2D eigenvalue weighted by molar-refractivity contribution is 0.0602. The molecule has 0 spiro atoms. The number of rotatable bonds is 5. The third kappa shape index (κ3) is 4.27. The Morgan fingerprint density at radius 2 is 1.67 bits per heavy atom. The van der Waals surface area contributed by atoms with Crippen molar-refractivity contribution in [2.75, 3.05) is 17.7 Å². The molecule has 0 saturated carbocycles. The number of anilines is 3. The molecule has 136 valence electrons. The molecule has 0 radical (unpaired) electrons. The van der Waals surface area contributed by atoms with Crippen LogP contribution in [0, 0.1) is 6.92 Å². The fraction of sp³-hybridized carbons (Fsp3) is 0.100. The standard InChI is InChI=1S/C20H18N4O3/c1-13-7-3-5-9-15(13)23-20-21-12-11-17(24-20)18(25)22-16-10-6-4-8-14(16)19(26)27-2/h3-12H,1-2H3,(H,22,25)(H,21,23,24). The van der Waals surface area contributed by atoms with Gasteiger partial charge in [0, 0.05) is 11.9 Å². The molecule has 0 unspecified atom stereocenters. The van der Waals surface area contributed by atoms with Crippen LogP contribution in [0.25, 0.3) is 0 Å². The minimum absolute atomic E-state index is 0.167. The average Bonchev–Trinajstić information content (AvgIpc) is 2.70. The van der Waals surface area contributed by atoms with Crippen molar-refractivity contribution in [1.82, 2.24) is 9.97 Å². The number of ether oxygens (including phenoxy) is 1. The van der Waals surface area contributed by atoms with Crippen LogP contribution in [-0.2, 0) is 4.74 Å². The fourth-order valence-corrected chi connectivity index (χ4v) is 2.45. The molecule has 27 heavy (non-hydrogen) atoms. The number of para-hydroxylation sites is 2. The Bertz CT molecular complexity index is 988. The van der Waals surface area contributed by atoms with E-state index in [4.69, 9.17) is 4.74 Å². The summed E-state index contributed by atoms with van der Waals surface area (Å²) >= 11 is 0. The molecule has 2 N–H and O–H groups in total. The maximum Gasteiger partial charge on any atom is 0.339 e. The van der Waals surface area contributed by atoms with Crippen LogP contribution in [0.3, 0.4) is 0 Å². The highest BCUT2D eigenvalue weighted by Crippen LogP contribution is 2.19. The van der Waals surface area contributed by atoms with Crippen molar-refractivity contribution in [3.63, 3.8) is 0 Å². The van der Waals surface area contributed by atoms with E-state index in [0.29, 0.717) is 11.6 Å². The topological polar surface area (TPSA) is 93.2 Å². The summed E-state index contributed by atoms with van der Waals surface area (Å²) in [5, 5.41) is 5.78. The number of carbonyl (C=O) groups excluding carboxylic acids is 2. The van der Waals surface area contributed by atoms with Gasteiger partial charge in [0.15, 0.2) is 0 Å². The molecule has 7 heteroatoms. The lowest BCUT2D eigenvalue weighted by atomic mass is 10.1. The molecule has 1 aromatic heterocycles. The zero-order valence-corrected chi connectivity index (χ0v) is 14.9. The monoisotopic (exact) mass is 362 g/mol. The molecule has 1 heterocycles. The molecule has 0 aliphatic carbocycles. The zero-order chi connectivity index (χ0) is 19.2. The van der Waals surface area contributed by atoms with Crippen LogP contribution in [0.5, 0.6) is 0 Å². The van der Waals surface area contributed by atoms with Gasteiger partial charge in [0.25, 0.3) is 5.91 Å². The number of methoxy groups -OCH3 is 1. The van der Waals surface area contributed by atoms with Crippen molar-refractivity contribution < 1.29 is 14.3 Å². The first-order chi connectivity index (χ1) is 13.1. The van der Waals surface area contributed by atoms with Gasteiger partial charge in [-0.25, -0.2) is 14.8 Å². The molecule has 0 fully saturated rings. The summed E-state index contributed by atoms with van der Waals surface area (Å²) in [6.45, 7) is 1.96. The number of esters is 1. The number of carbonyl (C=O) groups is 2. The van der Waals surface area contributed by atoms with Crippen LogP contribution in [0.1, 0.15) is 26.4 Å². The highest BCUT2D eigenvalue weighted by Gasteiger charge is 2.15. The van der Waals surface area contributed by atoms with E-state index in [-0.39, 0.29) is 11.3 Å². The lowest BCUT2D eigenvalue weighted by Gasteiger charge is -2.11. The summed E-state index contributed by atoms with van der Waals surface area (Å²) in [7, 11) is 1.29. The molecule has 0 saturated heterocycles. The first kappa shape index (κ1) is 18.1. The third-order valence-electron chi connectivity index (χ3n) is 3.86. The second kappa shape index (κ2) is 8.09. The van der Waals surface area contributed by atoms with Gasteiger partial charge in [-0.2, -0.15) is 0 Å². The van der Waals surface area contributed by atoms with Gasteiger partial charge in [0.1, 0.15) is 5.69 Å². The van der Waals surface area contributed by atoms with E-state index in [9.17, 15) is 9.59 Å². The summed E-state index contributed by atoms with van der Waals surface area (Å²) in [5.74, 6) is -0.685.